The van der Waals surface area contributed by atoms with Crippen LogP contribution in [-0.2, 0) is 19.1 Å². The molecule has 1 N–H and O–H groups in total. The number of oxime groups is 1. The molecule has 1 amide bonds. The number of nitrogens with one attached hydrogen (secondary N) is 1. The van der Waals surface area contributed by atoms with E-state index in [1.54, 1.807) is 27.7 Å². The highest BCUT2D eigenvalue weighted by Gasteiger charge is 2.53. The predicted octanol–water partition coefficient (Wildman–Crippen LogP) is 1.85. The fourth-order valence-corrected chi connectivity index (χ4v) is 2.91. The van der Waals surface area contributed by atoms with Crippen molar-refractivity contribution in [3.8, 4) is 0 Å². The van der Waals surface area contributed by atoms with Crippen molar-refractivity contribution in [3.63, 3.8) is 0 Å². The molecule has 0 spiro atoms. The maximum atomic E-state index is 12.2. The lowest BCUT2D eigenvalue weighted by molar-refractivity contribution is -0.149. The summed E-state index contributed by atoms with van der Waals surface area (Å²) in [4.78, 5) is 29.6. The normalized spacial score (nSPS) is 30.1. The van der Waals surface area contributed by atoms with Gasteiger partial charge >= 0.3 is 12.1 Å². The highest BCUT2D eigenvalue weighted by molar-refractivity contribution is 5.88. The van der Waals surface area contributed by atoms with E-state index in [0.29, 0.717) is 13.0 Å². The van der Waals surface area contributed by atoms with Crippen LogP contribution in [0.5, 0.6) is 0 Å². The highest BCUT2D eigenvalue weighted by Crippen LogP contribution is 2.39. The van der Waals surface area contributed by atoms with E-state index in [1.807, 2.05) is 6.92 Å². The Balaban J connectivity index is 2.10. The van der Waals surface area contributed by atoms with Gasteiger partial charge in [-0.1, -0.05) is 5.16 Å². The molecule has 1 fully saturated rings. The van der Waals surface area contributed by atoms with Gasteiger partial charge in [0.2, 0.25) is 0 Å². The lowest BCUT2D eigenvalue weighted by Gasteiger charge is -2.25. The Morgan fingerprint density at radius 3 is 2.68 bits per heavy atom. The summed E-state index contributed by atoms with van der Waals surface area (Å²) in [5.74, 6) is -0.753. The molecule has 0 aromatic heterocycles. The van der Waals surface area contributed by atoms with Crippen LogP contribution in [0.1, 0.15) is 41.0 Å². The smallest absolute Gasteiger partial charge is 0.408 e. The van der Waals surface area contributed by atoms with Gasteiger partial charge in [-0.05, 0) is 41.0 Å². The Kier molecular flexibility index (Phi) is 4.63. The molecule has 7 nitrogen and oxygen atoms in total. The van der Waals surface area contributed by atoms with Gasteiger partial charge in [0.1, 0.15) is 5.60 Å². The van der Waals surface area contributed by atoms with Gasteiger partial charge in [-0.15, -0.1) is 0 Å². The van der Waals surface area contributed by atoms with Gasteiger partial charge in [0, 0.05) is 5.92 Å². The fourth-order valence-electron chi connectivity index (χ4n) is 2.91. The minimum Gasteiger partial charge on any atom is -0.466 e. The topological polar surface area (TPSA) is 86.2 Å². The number of ether oxygens (including phenoxy) is 2. The number of alkyl carbamates (subject to hydrolysis) is 1. The van der Waals surface area contributed by atoms with Crippen LogP contribution in [0, 0.1) is 11.8 Å². The quantitative estimate of drug-likeness (QED) is 0.804. The van der Waals surface area contributed by atoms with Crippen LogP contribution in [0.2, 0.25) is 0 Å². The molecular weight excluding hydrogens is 288 g/mol. The van der Waals surface area contributed by atoms with E-state index in [4.69, 9.17) is 14.3 Å². The summed E-state index contributed by atoms with van der Waals surface area (Å²) in [5.41, 5.74) is 0.234. The minimum absolute atomic E-state index is 0.0225. The number of hydrogen-bond acceptors (Lipinski definition) is 6. The van der Waals surface area contributed by atoms with Gasteiger partial charge in [-0.3, -0.25) is 4.79 Å². The van der Waals surface area contributed by atoms with E-state index in [9.17, 15) is 9.59 Å². The van der Waals surface area contributed by atoms with Crippen molar-refractivity contribution in [2.24, 2.45) is 17.0 Å². The van der Waals surface area contributed by atoms with Crippen LogP contribution in [-0.4, -0.2) is 42.1 Å². The molecule has 0 bridgehead atoms. The van der Waals surface area contributed by atoms with Crippen LogP contribution in [0.4, 0.5) is 4.79 Å². The number of amides is 1. The molecule has 1 heterocycles. The fraction of sp³-hybridized carbons (Fsp3) is 0.800. The van der Waals surface area contributed by atoms with E-state index < -0.39 is 23.7 Å². The van der Waals surface area contributed by atoms with E-state index in [1.165, 1.54) is 0 Å². The first kappa shape index (κ1) is 16.6. The first-order valence-electron chi connectivity index (χ1n) is 7.59. The summed E-state index contributed by atoms with van der Waals surface area (Å²) in [5, 5.41) is 6.72. The molecule has 2 aliphatic rings. The van der Waals surface area contributed by atoms with Crippen molar-refractivity contribution in [1.82, 2.24) is 5.32 Å². The van der Waals surface area contributed by atoms with Crippen molar-refractivity contribution in [1.29, 1.82) is 0 Å². The number of carbonyl (C=O) groups is 2. The molecule has 2 rings (SSSR count). The number of esters is 1. The summed E-state index contributed by atoms with van der Waals surface area (Å²) >= 11 is 0. The minimum atomic E-state index is -0.607. The molecule has 22 heavy (non-hydrogen) atoms. The third kappa shape index (κ3) is 3.51. The Morgan fingerprint density at radius 1 is 1.41 bits per heavy atom. The monoisotopic (exact) mass is 312 g/mol. The second-order valence-corrected chi connectivity index (χ2v) is 6.68. The molecule has 0 saturated heterocycles. The maximum Gasteiger partial charge on any atom is 0.408 e. The van der Waals surface area contributed by atoms with Gasteiger partial charge in [0.25, 0.3) is 0 Å². The molecular formula is C15H24N2O5. The molecule has 7 heteroatoms. The van der Waals surface area contributed by atoms with Gasteiger partial charge < -0.3 is 19.6 Å². The summed E-state index contributed by atoms with van der Waals surface area (Å²) in [6.07, 6.45) is -0.359. The van der Waals surface area contributed by atoms with E-state index in [2.05, 4.69) is 10.5 Å². The average Bonchev–Trinajstić information content (AvgIpc) is 2.89. The lowest BCUT2D eigenvalue weighted by Crippen LogP contribution is -2.48. The van der Waals surface area contributed by atoms with E-state index in [-0.39, 0.29) is 18.0 Å². The second kappa shape index (κ2) is 6.14. The average molecular weight is 312 g/mol. The van der Waals surface area contributed by atoms with Crippen molar-refractivity contribution < 1.29 is 23.9 Å². The van der Waals surface area contributed by atoms with Crippen molar-refractivity contribution in [2.75, 3.05) is 6.61 Å². The standard InChI is InChI=1S/C15H24N2O5/c1-6-20-13(18)10-7-9-8(2)17-22-12(9)11(10)16-14(19)21-15(3,4)5/h9-12H,6-7H2,1-5H3,(H,16,19)/t9-,10+,11+,12+/m1/s1. The summed E-state index contributed by atoms with van der Waals surface area (Å²) in [6, 6.07) is -0.500. The third-order valence-electron chi connectivity index (χ3n) is 3.82. The van der Waals surface area contributed by atoms with Crippen molar-refractivity contribution in [2.45, 2.75) is 58.8 Å². The largest absolute Gasteiger partial charge is 0.466 e. The number of carbonyl (C=O) groups excluding carboxylic acids is 2. The molecule has 0 aromatic carbocycles. The zero-order valence-corrected chi connectivity index (χ0v) is 13.7. The molecule has 0 radical (unpaired) electrons. The first-order chi connectivity index (χ1) is 10.2. The highest BCUT2D eigenvalue weighted by atomic mass is 16.6. The van der Waals surface area contributed by atoms with Crippen molar-refractivity contribution >= 4 is 17.8 Å². The number of nitrogens with zero attached hydrogens (tertiary/aromatic N) is 1. The number of hydrogen-bond donors (Lipinski definition) is 1. The zero-order chi connectivity index (χ0) is 16.5. The van der Waals surface area contributed by atoms with E-state index in [0.717, 1.165) is 5.71 Å². The van der Waals surface area contributed by atoms with Crippen molar-refractivity contribution in [3.05, 3.63) is 0 Å². The Morgan fingerprint density at radius 2 is 2.09 bits per heavy atom. The number of fused-ring (bicyclic) bond motifs is 1. The molecule has 1 aliphatic carbocycles. The first-order valence-corrected chi connectivity index (χ1v) is 7.59. The Hall–Kier alpha value is -1.79. The SMILES string of the molecule is CCOC(=O)[C@H]1C[C@@H]2C(C)=NO[C@@H]2[C@H]1NC(=O)OC(C)(C)C. The van der Waals surface area contributed by atoms with Gasteiger partial charge in [0.05, 0.1) is 24.3 Å². The van der Waals surface area contributed by atoms with Crippen LogP contribution in [0.25, 0.3) is 0 Å². The Bertz CT molecular complexity index is 483. The number of rotatable bonds is 3. The maximum absolute atomic E-state index is 12.2. The second-order valence-electron chi connectivity index (χ2n) is 6.68. The van der Waals surface area contributed by atoms with Crippen LogP contribution < -0.4 is 5.32 Å². The molecule has 1 saturated carbocycles. The predicted molar refractivity (Wildman–Crippen MR) is 79.4 cm³/mol. The third-order valence-corrected chi connectivity index (χ3v) is 3.82. The lowest BCUT2D eigenvalue weighted by atomic mass is 10.0. The van der Waals surface area contributed by atoms with Crippen LogP contribution in [0.3, 0.4) is 0 Å². The summed E-state index contributed by atoms with van der Waals surface area (Å²) < 4.78 is 10.4. The molecule has 1 aliphatic heterocycles. The van der Waals surface area contributed by atoms with Crippen LogP contribution >= 0.6 is 0 Å². The van der Waals surface area contributed by atoms with Gasteiger partial charge in [-0.25, -0.2) is 4.79 Å². The zero-order valence-electron chi connectivity index (χ0n) is 13.7. The summed E-state index contributed by atoms with van der Waals surface area (Å²) in [6.45, 7) is 9.28. The molecule has 4 atom stereocenters. The van der Waals surface area contributed by atoms with Gasteiger partial charge in [-0.2, -0.15) is 0 Å². The summed E-state index contributed by atoms with van der Waals surface area (Å²) in [7, 11) is 0. The van der Waals surface area contributed by atoms with E-state index >= 15 is 0 Å². The Labute approximate surface area is 130 Å². The van der Waals surface area contributed by atoms with Crippen LogP contribution in [0.15, 0.2) is 5.16 Å². The molecule has 124 valence electrons. The molecule has 0 unspecified atom stereocenters. The van der Waals surface area contributed by atoms with Gasteiger partial charge in [0.15, 0.2) is 6.10 Å². The molecule has 0 aromatic rings.